The van der Waals surface area contributed by atoms with Gasteiger partial charge in [0.05, 0.1) is 0 Å². The maximum absolute atomic E-state index is 12.3. The first-order valence-corrected chi connectivity index (χ1v) is 9.06. The van der Waals surface area contributed by atoms with Crippen molar-refractivity contribution in [2.75, 3.05) is 11.9 Å². The summed E-state index contributed by atoms with van der Waals surface area (Å²) < 4.78 is 5.02. The Hall–Kier alpha value is -3.39. The normalized spacial score (nSPS) is 11.1. The number of nitriles is 1. The highest BCUT2D eigenvalue weighted by atomic mass is 16.5. The number of hydrogen-bond acceptors (Lipinski definition) is 4. The van der Waals surface area contributed by atoms with Gasteiger partial charge in [-0.15, -0.1) is 0 Å². The monoisotopic (exact) mass is 376 g/mol. The highest BCUT2D eigenvalue weighted by Gasteiger charge is 2.16. The Bertz CT molecular complexity index is 935. The Morgan fingerprint density at radius 2 is 1.82 bits per heavy atom. The lowest BCUT2D eigenvalue weighted by atomic mass is 9.98. The second-order valence-electron chi connectivity index (χ2n) is 6.90. The van der Waals surface area contributed by atoms with Crippen LogP contribution in [0.3, 0.4) is 0 Å². The maximum atomic E-state index is 12.3. The third-order valence-electron chi connectivity index (χ3n) is 4.25. The molecule has 0 aliphatic rings. The molecule has 0 atom stereocenters. The van der Waals surface area contributed by atoms with Crippen molar-refractivity contribution in [1.82, 2.24) is 0 Å². The summed E-state index contributed by atoms with van der Waals surface area (Å²) in [6, 6.07) is 15.0. The van der Waals surface area contributed by atoms with E-state index in [0.29, 0.717) is 5.56 Å². The molecule has 0 aromatic heterocycles. The number of benzene rings is 2. The van der Waals surface area contributed by atoms with Crippen LogP contribution in [0.25, 0.3) is 6.08 Å². The van der Waals surface area contributed by atoms with Crippen molar-refractivity contribution < 1.29 is 14.3 Å². The standard InChI is InChI=1S/C23H24N2O3/c1-15(2)20-7-5-6-17(4)22(20)25-21(26)14-28-23(27)19(13-24)12-18-10-8-16(3)9-11-18/h5-12,15H,14H2,1-4H3,(H,25,26)/b19-12+. The van der Waals surface area contributed by atoms with Crippen molar-refractivity contribution in [2.45, 2.75) is 33.6 Å². The number of para-hydroxylation sites is 1. The molecule has 0 spiro atoms. The Morgan fingerprint density at radius 1 is 1.14 bits per heavy atom. The quantitative estimate of drug-likeness (QED) is 0.457. The van der Waals surface area contributed by atoms with Crippen LogP contribution in [-0.4, -0.2) is 18.5 Å². The van der Waals surface area contributed by atoms with E-state index in [9.17, 15) is 14.9 Å². The van der Waals surface area contributed by atoms with E-state index in [1.54, 1.807) is 12.1 Å². The minimum atomic E-state index is -0.827. The van der Waals surface area contributed by atoms with Crippen molar-refractivity contribution in [3.05, 3.63) is 70.3 Å². The lowest BCUT2D eigenvalue weighted by molar-refractivity contribution is -0.142. The summed E-state index contributed by atoms with van der Waals surface area (Å²) in [7, 11) is 0. The van der Waals surface area contributed by atoms with Gasteiger partial charge in [-0.25, -0.2) is 4.79 Å². The highest BCUT2D eigenvalue weighted by molar-refractivity contribution is 6.00. The van der Waals surface area contributed by atoms with E-state index in [0.717, 1.165) is 22.4 Å². The summed E-state index contributed by atoms with van der Waals surface area (Å²) in [4.78, 5) is 24.4. The molecule has 0 aliphatic heterocycles. The Kier molecular flexibility index (Phi) is 7.11. The molecule has 2 aromatic carbocycles. The lowest BCUT2D eigenvalue weighted by Crippen LogP contribution is -2.22. The van der Waals surface area contributed by atoms with E-state index >= 15 is 0 Å². The third-order valence-corrected chi connectivity index (χ3v) is 4.25. The zero-order chi connectivity index (χ0) is 20.7. The number of ether oxygens (including phenoxy) is 1. The average Bonchev–Trinajstić information content (AvgIpc) is 2.67. The number of nitrogens with zero attached hydrogens (tertiary/aromatic N) is 1. The van der Waals surface area contributed by atoms with Gasteiger partial charge < -0.3 is 10.1 Å². The number of anilines is 1. The molecule has 0 heterocycles. The van der Waals surface area contributed by atoms with Crippen LogP contribution < -0.4 is 5.32 Å². The molecule has 1 amide bonds. The molecule has 0 aliphatic carbocycles. The number of hydrogen-bond donors (Lipinski definition) is 1. The number of rotatable bonds is 6. The number of carbonyl (C=O) groups excluding carboxylic acids is 2. The van der Waals surface area contributed by atoms with Gasteiger partial charge in [0.2, 0.25) is 0 Å². The summed E-state index contributed by atoms with van der Waals surface area (Å²) >= 11 is 0. The van der Waals surface area contributed by atoms with Gasteiger partial charge in [-0.05, 0) is 42.5 Å². The minimum absolute atomic E-state index is 0.157. The summed E-state index contributed by atoms with van der Waals surface area (Å²) in [6.07, 6.45) is 1.44. The van der Waals surface area contributed by atoms with Gasteiger partial charge in [0.1, 0.15) is 11.6 Å². The molecule has 28 heavy (non-hydrogen) atoms. The zero-order valence-electron chi connectivity index (χ0n) is 16.6. The number of nitrogens with one attached hydrogen (secondary N) is 1. The first-order valence-electron chi connectivity index (χ1n) is 9.06. The number of carbonyl (C=O) groups is 2. The SMILES string of the molecule is Cc1ccc(/C=C(\C#N)C(=O)OCC(=O)Nc2c(C)cccc2C(C)C)cc1. The molecule has 1 N–H and O–H groups in total. The van der Waals surface area contributed by atoms with Crippen molar-refractivity contribution >= 4 is 23.6 Å². The summed E-state index contributed by atoms with van der Waals surface area (Å²) in [5, 5.41) is 12.0. The molecule has 0 saturated carbocycles. The van der Waals surface area contributed by atoms with Gasteiger partial charge in [0, 0.05) is 5.69 Å². The second kappa shape index (κ2) is 9.52. The molecule has 5 nitrogen and oxygen atoms in total. The Balaban J connectivity index is 2.03. The van der Waals surface area contributed by atoms with Crippen LogP contribution in [-0.2, 0) is 14.3 Å². The van der Waals surface area contributed by atoms with Crippen LogP contribution in [0.4, 0.5) is 5.69 Å². The zero-order valence-corrected chi connectivity index (χ0v) is 16.6. The molecular formula is C23H24N2O3. The molecule has 0 saturated heterocycles. The van der Waals surface area contributed by atoms with Gasteiger partial charge in [0.25, 0.3) is 5.91 Å². The first-order chi connectivity index (χ1) is 13.3. The topological polar surface area (TPSA) is 79.2 Å². The molecule has 0 unspecified atom stereocenters. The van der Waals surface area contributed by atoms with Crippen LogP contribution in [0.2, 0.25) is 0 Å². The van der Waals surface area contributed by atoms with E-state index in [1.165, 1.54) is 6.08 Å². The van der Waals surface area contributed by atoms with Crippen LogP contribution in [0.1, 0.15) is 42.0 Å². The Morgan fingerprint density at radius 3 is 2.43 bits per heavy atom. The smallest absolute Gasteiger partial charge is 0.349 e. The fourth-order valence-electron chi connectivity index (χ4n) is 2.69. The maximum Gasteiger partial charge on any atom is 0.349 e. The van der Waals surface area contributed by atoms with Gasteiger partial charge in [0.15, 0.2) is 6.61 Å². The largest absolute Gasteiger partial charge is 0.451 e. The van der Waals surface area contributed by atoms with Gasteiger partial charge >= 0.3 is 5.97 Å². The number of amides is 1. The fourth-order valence-corrected chi connectivity index (χ4v) is 2.69. The number of aryl methyl sites for hydroxylation is 2. The highest BCUT2D eigenvalue weighted by Crippen LogP contribution is 2.27. The van der Waals surface area contributed by atoms with Crippen LogP contribution in [0, 0.1) is 25.2 Å². The predicted molar refractivity (Wildman–Crippen MR) is 110 cm³/mol. The van der Waals surface area contributed by atoms with Gasteiger partial charge in [-0.2, -0.15) is 5.26 Å². The average molecular weight is 376 g/mol. The van der Waals surface area contributed by atoms with E-state index in [2.05, 4.69) is 5.32 Å². The van der Waals surface area contributed by atoms with Crippen LogP contribution >= 0.6 is 0 Å². The lowest BCUT2D eigenvalue weighted by Gasteiger charge is -2.16. The molecule has 2 aromatic rings. The second-order valence-corrected chi connectivity index (χ2v) is 6.90. The van der Waals surface area contributed by atoms with E-state index in [-0.39, 0.29) is 11.5 Å². The van der Waals surface area contributed by atoms with E-state index in [1.807, 2.05) is 64.1 Å². The molecule has 0 bridgehead atoms. The molecule has 0 fully saturated rings. The summed E-state index contributed by atoms with van der Waals surface area (Å²) in [6.45, 7) is 7.48. The van der Waals surface area contributed by atoms with Crippen molar-refractivity contribution in [1.29, 1.82) is 5.26 Å². The van der Waals surface area contributed by atoms with E-state index in [4.69, 9.17) is 4.74 Å². The number of esters is 1. The molecule has 0 radical (unpaired) electrons. The van der Waals surface area contributed by atoms with Crippen molar-refractivity contribution in [3.63, 3.8) is 0 Å². The molecular weight excluding hydrogens is 352 g/mol. The summed E-state index contributed by atoms with van der Waals surface area (Å²) in [5.41, 5.74) is 4.31. The predicted octanol–water partition coefficient (Wildman–Crippen LogP) is 4.52. The van der Waals surface area contributed by atoms with Gasteiger partial charge in [-0.1, -0.05) is 61.9 Å². The van der Waals surface area contributed by atoms with Crippen molar-refractivity contribution in [2.24, 2.45) is 0 Å². The minimum Gasteiger partial charge on any atom is -0.451 e. The van der Waals surface area contributed by atoms with Crippen molar-refractivity contribution in [3.8, 4) is 6.07 Å². The molecule has 2 rings (SSSR count). The van der Waals surface area contributed by atoms with Gasteiger partial charge in [-0.3, -0.25) is 4.79 Å². The molecule has 5 heteroatoms. The molecule has 144 valence electrons. The van der Waals surface area contributed by atoms with Crippen LogP contribution in [0.5, 0.6) is 0 Å². The third kappa shape index (κ3) is 5.55. The van der Waals surface area contributed by atoms with Crippen LogP contribution in [0.15, 0.2) is 48.0 Å². The fraction of sp³-hybridized carbons (Fsp3) is 0.261. The first kappa shape index (κ1) is 20.9. The van der Waals surface area contributed by atoms with E-state index < -0.39 is 18.5 Å². The summed E-state index contributed by atoms with van der Waals surface area (Å²) in [5.74, 6) is -1.04. The Labute approximate surface area is 165 Å².